The van der Waals surface area contributed by atoms with Crippen LogP contribution in [0.4, 0.5) is 11.4 Å². The van der Waals surface area contributed by atoms with Crippen LogP contribution in [0.25, 0.3) is 87.0 Å². The van der Waals surface area contributed by atoms with Gasteiger partial charge in [-0.1, -0.05) is 121 Å². The number of aromatic nitrogens is 1. The molecule has 3 heterocycles. The molecule has 1 aliphatic carbocycles. The summed E-state index contributed by atoms with van der Waals surface area (Å²) in [5, 5.41) is 6.39. The average molecular weight is 761 g/mol. The fourth-order valence-electron chi connectivity index (χ4n) is 9.14. The minimum Gasteiger partial charge on any atom is -0.456 e. The number of allylic oxidation sites excluding steroid dienone is 1. The van der Waals surface area contributed by atoms with Crippen LogP contribution in [-0.2, 0) is 6.42 Å². The van der Waals surface area contributed by atoms with E-state index < -0.39 is 0 Å². The summed E-state index contributed by atoms with van der Waals surface area (Å²) >= 11 is 1.86. The zero-order valence-electron chi connectivity index (χ0n) is 31.6. The first-order valence-electron chi connectivity index (χ1n) is 20.0. The van der Waals surface area contributed by atoms with E-state index in [1.165, 1.54) is 80.9 Å². The van der Waals surface area contributed by atoms with Crippen LogP contribution in [0.15, 0.2) is 198 Å². The lowest BCUT2D eigenvalue weighted by molar-refractivity contribution is 0.593. The number of hydrogen-bond acceptors (Lipinski definition) is 3. The van der Waals surface area contributed by atoms with Gasteiger partial charge in [0.05, 0.1) is 11.0 Å². The highest BCUT2D eigenvalue weighted by Gasteiger charge is 2.24. The van der Waals surface area contributed by atoms with Gasteiger partial charge in [-0.15, -0.1) is 11.3 Å². The Morgan fingerprint density at radius 2 is 1.03 bits per heavy atom. The van der Waals surface area contributed by atoms with Gasteiger partial charge in [0.2, 0.25) is 0 Å². The van der Waals surface area contributed by atoms with Gasteiger partial charge in [0.1, 0.15) is 11.3 Å². The summed E-state index contributed by atoms with van der Waals surface area (Å²) in [4.78, 5) is 2.41. The smallest absolute Gasteiger partial charge is 0.135 e. The summed E-state index contributed by atoms with van der Waals surface area (Å²) in [7, 11) is 0. The third-order valence-electron chi connectivity index (χ3n) is 11.9. The lowest BCUT2D eigenvalue weighted by atomic mass is 9.97. The Morgan fingerprint density at radius 1 is 0.448 bits per heavy atom. The molecule has 0 fully saturated rings. The van der Waals surface area contributed by atoms with Gasteiger partial charge in [-0.2, -0.15) is 0 Å². The van der Waals surface area contributed by atoms with Gasteiger partial charge in [0.25, 0.3) is 0 Å². The number of para-hydroxylation sites is 3. The molecule has 0 radical (unpaired) electrons. The molecule has 3 nitrogen and oxygen atoms in total. The summed E-state index contributed by atoms with van der Waals surface area (Å²) < 4.78 is 11.5. The summed E-state index contributed by atoms with van der Waals surface area (Å²) in [5.74, 6) is 0.958. The van der Waals surface area contributed by atoms with Crippen LogP contribution in [0.2, 0.25) is 0 Å². The zero-order chi connectivity index (χ0) is 38.2. The van der Waals surface area contributed by atoms with Crippen molar-refractivity contribution in [2.24, 2.45) is 0 Å². The molecule has 11 aromatic rings. The first-order chi connectivity index (χ1) is 28.7. The van der Waals surface area contributed by atoms with Crippen LogP contribution in [0.3, 0.4) is 0 Å². The quantitative estimate of drug-likeness (QED) is 0.168. The van der Waals surface area contributed by atoms with Gasteiger partial charge in [-0.05, 0) is 102 Å². The number of anilines is 2. The maximum Gasteiger partial charge on any atom is 0.135 e. The Hall–Kier alpha value is -7.14. The summed E-state index contributed by atoms with van der Waals surface area (Å²) in [6, 6.07) is 68.4. The number of aryl methyl sites for hydroxylation is 1. The molecule has 4 heteroatoms. The molecule has 0 unspecified atom stereocenters. The van der Waals surface area contributed by atoms with E-state index >= 15 is 0 Å². The molecule has 0 spiro atoms. The highest BCUT2D eigenvalue weighted by Crippen LogP contribution is 2.42. The molecule has 274 valence electrons. The Kier molecular flexibility index (Phi) is 7.54. The van der Waals surface area contributed by atoms with E-state index in [4.69, 9.17) is 4.42 Å². The molecule has 0 saturated carbocycles. The van der Waals surface area contributed by atoms with Crippen LogP contribution in [0.5, 0.6) is 0 Å². The maximum absolute atomic E-state index is 6.45. The number of nitrogens with zero attached hydrogens (tertiary/aromatic N) is 2. The van der Waals surface area contributed by atoms with Crippen molar-refractivity contribution in [1.29, 1.82) is 0 Å². The topological polar surface area (TPSA) is 21.3 Å². The molecule has 0 aliphatic heterocycles. The fourth-order valence-corrected chi connectivity index (χ4v) is 10.3. The largest absolute Gasteiger partial charge is 0.456 e. The average Bonchev–Trinajstić information content (AvgIpc) is 3.96. The van der Waals surface area contributed by atoms with Crippen LogP contribution in [0.1, 0.15) is 17.7 Å². The number of rotatable bonds is 6. The van der Waals surface area contributed by atoms with E-state index in [1.807, 2.05) is 11.3 Å². The Labute approximate surface area is 340 Å². The molecule has 58 heavy (non-hydrogen) atoms. The molecule has 3 aromatic heterocycles. The van der Waals surface area contributed by atoms with Gasteiger partial charge < -0.3 is 13.9 Å². The highest BCUT2D eigenvalue weighted by molar-refractivity contribution is 7.25. The number of benzene rings is 8. The molecule has 0 saturated heterocycles. The number of hydrogen-bond donors (Lipinski definition) is 0. The lowest BCUT2D eigenvalue weighted by Crippen LogP contribution is -2.18. The van der Waals surface area contributed by atoms with Crippen molar-refractivity contribution in [3.8, 4) is 27.9 Å². The number of thiophene rings is 1. The normalized spacial score (nSPS) is 12.8. The van der Waals surface area contributed by atoms with Crippen molar-refractivity contribution in [3.63, 3.8) is 0 Å². The van der Waals surface area contributed by atoms with Gasteiger partial charge in [0.15, 0.2) is 0 Å². The summed E-state index contributed by atoms with van der Waals surface area (Å²) in [6.07, 6.45) is 4.09. The standard InChI is InChI=1S/C54H36N2OS/c1-2-10-39(11-3-1)56-49-15-7-4-12-43(49)44-29-22-37(32-50(44)56)35-18-24-40(25-19-35)55(42-28-31-46-45-13-5-8-16-51(45)57-52(46)34-42)41-26-20-36(21-27-41)38-23-30-48-47-14-6-9-17-53(47)58-54(48)33-38/h1-27,29-30,32-34H,28,31H2. The fraction of sp³-hybridized carbons (Fsp3) is 0.0370. The van der Waals surface area contributed by atoms with Crippen molar-refractivity contribution < 1.29 is 4.42 Å². The van der Waals surface area contributed by atoms with E-state index in [2.05, 4.69) is 204 Å². The van der Waals surface area contributed by atoms with Crippen LogP contribution >= 0.6 is 11.3 Å². The molecule has 12 rings (SSSR count). The Balaban J connectivity index is 0.942. The van der Waals surface area contributed by atoms with Gasteiger partial charge in [0, 0.05) is 70.7 Å². The van der Waals surface area contributed by atoms with Crippen molar-refractivity contribution in [1.82, 2.24) is 4.57 Å². The van der Waals surface area contributed by atoms with Gasteiger partial charge in [-0.25, -0.2) is 0 Å². The molecule has 0 N–H and O–H groups in total. The summed E-state index contributed by atoms with van der Waals surface area (Å²) in [6.45, 7) is 0. The van der Waals surface area contributed by atoms with Gasteiger partial charge in [-0.3, -0.25) is 0 Å². The van der Waals surface area contributed by atoms with E-state index in [-0.39, 0.29) is 0 Å². The highest BCUT2D eigenvalue weighted by atomic mass is 32.1. The molecular weight excluding hydrogens is 725 g/mol. The second kappa shape index (κ2) is 13.2. The van der Waals surface area contributed by atoms with Crippen LogP contribution in [-0.4, -0.2) is 4.57 Å². The minimum atomic E-state index is 0.906. The van der Waals surface area contributed by atoms with E-state index in [0.29, 0.717) is 0 Å². The van der Waals surface area contributed by atoms with Crippen molar-refractivity contribution in [2.75, 3.05) is 4.90 Å². The second-order valence-corrected chi connectivity index (χ2v) is 16.3. The second-order valence-electron chi connectivity index (χ2n) is 15.2. The first kappa shape index (κ1) is 33.0. The lowest BCUT2D eigenvalue weighted by Gasteiger charge is -2.30. The maximum atomic E-state index is 6.45. The Bertz CT molecular complexity index is 3380. The van der Waals surface area contributed by atoms with E-state index in [0.717, 1.165) is 41.2 Å². The van der Waals surface area contributed by atoms with E-state index in [1.54, 1.807) is 0 Å². The van der Waals surface area contributed by atoms with Crippen molar-refractivity contribution >= 4 is 81.7 Å². The molecule has 8 aromatic carbocycles. The predicted molar refractivity (Wildman–Crippen MR) is 246 cm³/mol. The van der Waals surface area contributed by atoms with E-state index in [9.17, 15) is 0 Å². The van der Waals surface area contributed by atoms with Gasteiger partial charge >= 0.3 is 0 Å². The van der Waals surface area contributed by atoms with Crippen LogP contribution < -0.4 is 4.90 Å². The summed E-state index contributed by atoms with van der Waals surface area (Å²) in [5.41, 5.74) is 14.1. The third kappa shape index (κ3) is 5.33. The van der Waals surface area contributed by atoms with Crippen LogP contribution in [0, 0.1) is 0 Å². The third-order valence-corrected chi connectivity index (χ3v) is 13.1. The predicted octanol–water partition coefficient (Wildman–Crippen LogP) is 15.4. The molecule has 0 amide bonds. The van der Waals surface area contributed by atoms with Crippen molar-refractivity contribution in [3.05, 3.63) is 205 Å². The number of furan rings is 1. The number of fused-ring (bicyclic) bond motifs is 9. The SMILES string of the molecule is C1=C(N(c2ccc(-c3ccc4c(c3)sc3ccccc34)cc2)c2ccc(-c3ccc4c5ccccc5n(-c5ccccc5)c4c3)cc2)CCc2c1oc1ccccc21. The minimum absolute atomic E-state index is 0.906. The molecule has 0 atom stereocenters. The molecular formula is C54H36N2OS. The first-order valence-corrected chi connectivity index (χ1v) is 20.8. The molecule has 1 aliphatic rings. The zero-order valence-corrected chi connectivity index (χ0v) is 32.4. The van der Waals surface area contributed by atoms with Crippen molar-refractivity contribution in [2.45, 2.75) is 12.8 Å². The Morgan fingerprint density at radius 3 is 1.81 bits per heavy atom. The monoisotopic (exact) mass is 760 g/mol. The molecule has 0 bridgehead atoms.